The minimum absolute atomic E-state index is 0.0881. The van der Waals surface area contributed by atoms with Gasteiger partial charge in [0.1, 0.15) is 56.4 Å². The molecule has 1 aromatic carbocycles. The first-order valence-corrected chi connectivity index (χ1v) is 45.3. The van der Waals surface area contributed by atoms with Crippen molar-refractivity contribution >= 4 is 112 Å². The number of nitrogens with one attached hydrogen (secondary N) is 4. The first kappa shape index (κ1) is 102. The van der Waals surface area contributed by atoms with E-state index in [1.807, 2.05) is 126 Å². The Morgan fingerprint density at radius 3 is 1.23 bits per heavy atom. The van der Waals surface area contributed by atoms with E-state index in [9.17, 15) is 47.9 Å². The second kappa shape index (κ2) is 52.2. The van der Waals surface area contributed by atoms with Crippen molar-refractivity contribution in [1.82, 2.24) is 47.5 Å². The Morgan fingerprint density at radius 1 is 0.476 bits per heavy atom. The number of amides is 1. The molecule has 1 saturated carbocycles. The van der Waals surface area contributed by atoms with Crippen LogP contribution in [0.4, 0.5) is 17.5 Å². The van der Waals surface area contributed by atoms with E-state index in [1.165, 1.54) is 20.8 Å². The lowest BCUT2D eigenvalue weighted by atomic mass is 9.89. The zero-order valence-corrected chi connectivity index (χ0v) is 77.1. The van der Waals surface area contributed by atoms with Crippen LogP contribution in [0.1, 0.15) is 173 Å². The summed E-state index contributed by atoms with van der Waals surface area (Å²) in [4.78, 5) is 143. The van der Waals surface area contributed by atoms with Crippen LogP contribution in [0.2, 0.25) is 0 Å². The van der Waals surface area contributed by atoms with Crippen LogP contribution in [0, 0.1) is 11.8 Å². The van der Waals surface area contributed by atoms with Crippen LogP contribution in [0.25, 0.3) is 0 Å². The number of hydrogen-bond donors (Lipinski definition) is 4. The predicted octanol–water partition coefficient (Wildman–Crippen LogP) is 7.14. The van der Waals surface area contributed by atoms with E-state index >= 15 is 0 Å². The molecule has 700 valence electrons. The average Bonchev–Trinajstić information content (AvgIpc) is 1.65. The van der Waals surface area contributed by atoms with E-state index in [2.05, 4.69) is 47.5 Å². The van der Waals surface area contributed by atoms with Crippen molar-refractivity contribution in [2.45, 2.75) is 245 Å². The van der Waals surface area contributed by atoms with Crippen LogP contribution in [0.5, 0.6) is 17.6 Å². The number of allylic oxidation sites excluding steroid dienone is 2. The average molecular weight is 1830 g/mol. The topological polar surface area (TPSA) is 444 Å². The molecule has 6 heterocycles. The van der Waals surface area contributed by atoms with Gasteiger partial charge in [0.25, 0.3) is 17.6 Å². The number of rotatable bonds is 51. The summed E-state index contributed by atoms with van der Waals surface area (Å²) >= 11 is 2.95. The largest absolute Gasteiger partial charge is 0.470 e. The summed E-state index contributed by atoms with van der Waals surface area (Å²) in [5.74, 6) is -7.34. The maximum Gasteiger partial charge on any atom is 0.347 e. The van der Waals surface area contributed by atoms with Gasteiger partial charge in [0.2, 0.25) is 23.4 Å². The molecule has 3 saturated heterocycles. The highest BCUT2D eigenvalue weighted by molar-refractivity contribution is 7.00. The summed E-state index contributed by atoms with van der Waals surface area (Å²) < 4.78 is 114. The van der Waals surface area contributed by atoms with Crippen LogP contribution in [-0.2, 0) is 111 Å². The van der Waals surface area contributed by atoms with Crippen molar-refractivity contribution in [2.75, 3.05) is 140 Å². The molecule has 3 aromatic heterocycles. The van der Waals surface area contributed by atoms with Gasteiger partial charge in [-0.1, -0.05) is 48.6 Å². The summed E-state index contributed by atoms with van der Waals surface area (Å²) in [7, 11) is 0. The molecule has 3 unspecified atom stereocenters. The second-order valence-corrected chi connectivity index (χ2v) is 35.5. The second-order valence-electron chi connectivity index (χ2n) is 33.9. The lowest BCUT2D eigenvalue weighted by Gasteiger charge is -2.27. The molecule has 1 aliphatic carbocycles. The molecule has 126 heavy (non-hydrogen) atoms. The Kier molecular flexibility index (Phi) is 42.3. The van der Waals surface area contributed by atoms with Crippen molar-refractivity contribution in [3.8, 4) is 17.6 Å². The monoisotopic (exact) mass is 1830 g/mol. The molecule has 0 radical (unpaired) electrons. The van der Waals surface area contributed by atoms with Crippen molar-refractivity contribution in [3.63, 3.8) is 0 Å². The van der Waals surface area contributed by atoms with Gasteiger partial charge >= 0.3 is 53.7 Å². The summed E-state index contributed by atoms with van der Waals surface area (Å²) in [6, 6.07) is 9.33. The Balaban J connectivity index is 0.980. The zero-order valence-electron chi connectivity index (χ0n) is 74.6. The molecule has 0 bridgehead atoms. The van der Waals surface area contributed by atoms with Gasteiger partial charge in [0, 0.05) is 107 Å². The molecule has 11 atom stereocenters. The first-order valence-electron chi connectivity index (χ1n) is 43.2. The van der Waals surface area contributed by atoms with Crippen LogP contribution in [0.3, 0.4) is 0 Å². The number of esters is 9. The molecule has 38 nitrogen and oxygen atoms in total. The number of aryl methyl sites for hydroxylation is 1. The first-order chi connectivity index (χ1) is 60.1. The van der Waals surface area contributed by atoms with Crippen molar-refractivity contribution in [2.24, 2.45) is 11.8 Å². The number of anilines is 3. The Labute approximate surface area is 749 Å². The van der Waals surface area contributed by atoms with Crippen LogP contribution < -0.4 is 50.2 Å². The van der Waals surface area contributed by atoms with Gasteiger partial charge in [-0.2, -0.15) is 13.1 Å². The minimum atomic E-state index is -1.58. The van der Waals surface area contributed by atoms with Gasteiger partial charge in [-0.05, 0) is 134 Å². The molecule has 4 aliphatic rings. The Bertz CT molecular complexity index is 4120. The summed E-state index contributed by atoms with van der Waals surface area (Å²) in [6.45, 7) is 30.6. The third kappa shape index (κ3) is 37.5. The number of ether oxygens (including phenoxy) is 15. The summed E-state index contributed by atoms with van der Waals surface area (Å²) in [5.41, 5.74) is -0.263. The lowest BCUT2D eigenvalue weighted by Crippen LogP contribution is -2.44. The highest BCUT2D eigenvalue weighted by atomic mass is 32.1. The van der Waals surface area contributed by atoms with E-state index in [4.69, 9.17) is 71.1 Å². The van der Waals surface area contributed by atoms with Gasteiger partial charge in [-0.15, -0.1) is 13.1 Å². The van der Waals surface area contributed by atoms with Gasteiger partial charge < -0.3 is 107 Å². The molecule has 0 spiro atoms. The fourth-order valence-electron chi connectivity index (χ4n) is 13.2. The fraction of sp³-hybridized carbons (Fsp3) is 0.694. The number of aromatic nitrogens is 6. The molecule has 41 heteroatoms. The Hall–Kier alpha value is -9.36. The quantitative estimate of drug-likeness (QED) is 0.0148. The smallest absolute Gasteiger partial charge is 0.347 e. The lowest BCUT2D eigenvalue weighted by molar-refractivity contribution is -0.173. The summed E-state index contributed by atoms with van der Waals surface area (Å²) in [6.07, 6.45) is -4.71. The van der Waals surface area contributed by atoms with E-state index in [-0.39, 0.29) is 105 Å². The van der Waals surface area contributed by atoms with Crippen molar-refractivity contribution in [1.29, 1.82) is 0 Å². The maximum absolute atomic E-state index is 14.5. The third-order valence-electron chi connectivity index (χ3n) is 20.0. The molecule has 3 aliphatic heterocycles. The standard InChI is InChI=1S/C85H127N13O25S3/c1-14-86-67(99)25-21-16-15-20-24-63-64(29-28-59(27-26-58-22-18-17-19-23-58)121-80(106)55(2)115-68(100)30-33-71(103)118-60(49-87-83(5,6)7)52-112-77-74(90-124-93-77)96-36-42-109-43-37-96)66(123-82(108)57(4)117-70(102)32-35-73(105)120-62(51-89-85(11,12)13)54-114-79-76(92-126-95-79)98-40-46-111-47-41-98)48-65(63)122-81(107)56(3)116-69(101)31-34-72(104)119-61(50-88-84(8,9)10)53-113-78-75(91-125-94-78)97-38-44-110-45-39-97/h15,17-20,22-23,28-29,55-57,59-66,87-89H,14,16,21,24-27,30-54H2,1-13H3,(H,86,99)/b20-15-,29-28+/t55?,56?,57?,59-,60-,61-,62-,63+,64+,65-,66+/m0/s1. The predicted molar refractivity (Wildman–Crippen MR) is 464 cm³/mol. The highest BCUT2D eigenvalue weighted by Gasteiger charge is 2.47. The number of carbonyl (C=O) groups is 10. The van der Waals surface area contributed by atoms with Gasteiger partial charge in [-0.25, -0.2) is 14.4 Å². The fourth-order valence-corrected chi connectivity index (χ4v) is 14.8. The molecule has 4 aromatic rings. The maximum atomic E-state index is 14.5. The molecule has 4 N–H and O–H groups in total. The molecule has 8 rings (SSSR count). The number of hydrogen-bond acceptors (Lipinski definition) is 40. The van der Waals surface area contributed by atoms with Gasteiger partial charge in [-0.3, -0.25) is 33.6 Å². The molecule has 4 fully saturated rings. The summed E-state index contributed by atoms with van der Waals surface area (Å²) in [5, 5.41) is 12.8. The SMILES string of the molecule is CCNC(=O)CCC/C=C\C[C@@H]1[C@@H](/C=C/[C@H](CCc2ccccc2)OC(=O)C(C)OC(=O)CCC(=O)O[C@@H](CNC(C)(C)C)COc2nsnc2N2CCOCC2)[C@H](OC(=O)C(C)OC(=O)CCC(=O)O[C@@H](CNC(C)(C)C)COc2nsnc2N2CCOCC2)C[C@@H]1OC(=O)C(C)OC(=O)CCC(=O)O[C@@H](CNC(C)(C)C)COc1nsnc1N1CCOCC1. The molecule has 1 amide bonds. The van der Waals surface area contributed by atoms with Crippen molar-refractivity contribution < 1.29 is 119 Å². The minimum Gasteiger partial charge on any atom is -0.470 e. The van der Waals surface area contributed by atoms with Crippen LogP contribution in [-0.4, -0.2) is 282 Å². The number of nitrogens with zero attached hydrogens (tertiary/aromatic N) is 9. The zero-order chi connectivity index (χ0) is 91.2. The number of benzene rings is 1. The normalized spacial score (nSPS) is 18.7. The van der Waals surface area contributed by atoms with E-state index in [1.54, 1.807) is 12.2 Å². The van der Waals surface area contributed by atoms with Crippen LogP contribution >= 0.6 is 35.2 Å². The Morgan fingerprint density at radius 2 is 0.849 bits per heavy atom. The molecular formula is C85H127N13O25S3. The van der Waals surface area contributed by atoms with Crippen molar-refractivity contribution in [3.05, 3.63) is 60.2 Å². The molecular weight excluding hydrogens is 1700 g/mol. The number of morpholine rings is 3. The highest BCUT2D eigenvalue weighted by Crippen LogP contribution is 2.41. The van der Waals surface area contributed by atoms with E-state index in [0.29, 0.717) is 122 Å². The van der Waals surface area contributed by atoms with Crippen LogP contribution in [0.15, 0.2) is 54.6 Å². The number of carbonyl (C=O) groups excluding carboxylic acids is 10. The van der Waals surface area contributed by atoms with Gasteiger partial charge in [0.15, 0.2) is 18.3 Å². The number of unbranched alkanes of at least 4 members (excludes halogenated alkanes) is 1. The van der Waals surface area contributed by atoms with E-state index < -0.39 is 159 Å². The van der Waals surface area contributed by atoms with Gasteiger partial charge in [0.05, 0.1) is 113 Å². The third-order valence-corrected chi connectivity index (χ3v) is 21.5. The van der Waals surface area contributed by atoms with E-state index in [0.717, 1.165) is 40.7 Å².